The van der Waals surface area contributed by atoms with Crippen LogP contribution >= 0.6 is 12.2 Å². The third-order valence-corrected chi connectivity index (χ3v) is 6.89. The first-order chi connectivity index (χ1) is 18.0. The van der Waals surface area contributed by atoms with Gasteiger partial charge < -0.3 is 15.7 Å². The van der Waals surface area contributed by atoms with Crippen LogP contribution in [0.1, 0.15) is 122 Å². The molecule has 0 heterocycles. The molecule has 1 amide bonds. The highest BCUT2D eigenvalue weighted by Crippen LogP contribution is 2.15. The number of benzene rings is 1. The van der Waals surface area contributed by atoms with E-state index in [0.29, 0.717) is 10.8 Å². The van der Waals surface area contributed by atoms with E-state index in [2.05, 4.69) is 22.5 Å². The van der Waals surface area contributed by atoms with Gasteiger partial charge in [-0.15, -0.1) is 0 Å². The number of aliphatic imine (C=N–C) groups is 1. The van der Waals surface area contributed by atoms with Crippen molar-refractivity contribution in [1.82, 2.24) is 5.32 Å². The van der Waals surface area contributed by atoms with Crippen LogP contribution < -0.4 is 10.6 Å². The lowest BCUT2D eigenvalue weighted by Crippen LogP contribution is -2.22. The highest BCUT2D eigenvalue weighted by atomic mass is 32.1. The van der Waals surface area contributed by atoms with E-state index in [1.54, 1.807) is 0 Å². The number of carbonyl (C=O) groups is 1. The Bertz CT molecular complexity index is 831. The van der Waals surface area contributed by atoms with Gasteiger partial charge in [0, 0.05) is 18.4 Å². The molecule has 0 aromatic heterocycles. The molecule has 0 saturated carbocycles. The van der Waals surface area contributed by atoms with Gasteiger partial charge >= 0.3 is 0 Å². The van der Waals surface area contributed by atoms with Gasteiger partial charge in [0.15, 0.2) is 5.11 Å². The second-order valence-corrected chi connectivity index (χ2v) is 10.4. The summed E-state index contributed by atoms with van der Waals surface area (Å²) in [6, 6.07) is 7.49. The summed E-state index contributed by atoms with van der Waals surface area (Å²) < 4.78 is 0. The predicted octanol–water partition coefficient (Wildman–Crippen LogP) is 8.97. The highest BCUT2D eigenvalue weighted by Gasteiger charge is 2.12. The molecule has 37 heavy (non-hydrogen) atoms. The Hall–Kier alpha value is -2.21. The normalized spacial score (nSPS) is 12.0. The van der Waals surface area contributed by atoms with Crippen molar-refractivity contribution in [3.05, 3.63) is 41.2 Å². The van der Waals surface area contributed by atoms with E-state index in [1.165, 1.54) is 109 Å². The number of rotatable bonds is 20. The Morgan fingerprint density at radius 3 is 1.84 bits per heavy atom. The van der Waals surface area contributed by atoms with Gasteiger partial charge in [0.1, 0.15) is 5.76 Å². The van der Waals surface area contributed by atoms with Gasteiger partial charge in [-0.2, -0.15) is 0 Å². The van der Waals surface area contributed by atoms with Crippen LogP contribution in [-0.4, -0.2) is 28.9 Å². The number of thiocarbonyl (C=S) groups is 1. The molecule has 0 unspecified atom stereocenters. The van der Waals surface area contributed by atoms with Crippen molar-refractivity contribution in [2.75, 3.05) is 11.9 Å². The van der Waals surface area contributed by atoms with Crippen molar-refractivity contribution in [3.63, 3.8) is 0 Å². The molecule has 5 nitrogen and oxygen atoms in total. The van der Waals surface area contributed by atoms with E-state index in [9.17, 15) is 9.90 Å². The number of anilines is 1. The summed E-state index contributed by atoms with van der Waals surface area (Å²) in [5.74, 6) is -0.519. The van der Waals surface area contributed by atoms with E-state index < -0.39 is 5.91 Å². The van der Waals surface area contributed by atoms with Crippen LogP contribution in [0, 0.1) is 6.92 Å². The fourth-order valence-corrected chi connectivity index (χ4v) is 4.41. The molecule has 0 spiro atoms. The van der Waals surface area contributed by atoms with Gasteiger partial charge in [-0.25, -0.2) is 4.99 Å². The predicted molar refractivity (Wildman–Crippen MR) is 164 cm³/mol. The fourth-order valence-electron chi connectivity index (χ4n) is 4.26. The lowest BCUT2D eigenvalue weighted by molar-refractivity contribution is -0.112. The van der Waals surface area contributed by atoms with Crippen LogP contribution in [-0.2, 0) is 4.79 Å². The summed E-state index contributed by atoms with van der Waals surface area (Å²) in [6.45, 7) is 6.42. The average molecular weight is 530 g/mol. The first-order valence-corrected chi connectivity index (χ1v) is 14.9. The summed E-state index contributed by atoms with van der Waals surface area (Å²) in [4.78, 5) is 16.7. The van der Waals surface area contributed by atoms with Crippen LogP contribution in [0.3, 0.4) is 0 Å². The summed E-state index contributed by atoms with van der Waals surface area (Å²) in [5.41, 5.74) is 1.73. The van der Waals surface area contributed by atoms with Crippen LogP contribution in [0.25, 0.3) is 0 Å². The maximum Gasteiger partial charge on any atom is 0.260 e. The van der Waals surface area contributed by atoms with Gasteiger partial charge in [0.2, 0.25) is 0 Å². The van der Waals surface area contributed by atoms with E-state index in [0.717, 1.165) is 18.5 Å². The number of para-hydroxylation sites is 1. The Balaban J connectivity index is 2.06. The zero-order valence-corrected chi connectivity index (χ0v) is 24.4. The largest absolute Gasteiger partial charge is 0.512 e. The monoisotopic (exact) mass is 529 g/mol. The second kappa shape index (κ2) is 21.8. The van der Waals surface area contributed by atoms with Gasteiger partial charge in [-0.1, -0.05) is 121 Å². The Morgan fingerprint density at radius 2 is 1.35 bits per heavy atom. The Morgan fingerprint density at radius 1 is 0.865 bits per heavy atom. The summed E-state index contributed by atoms with van der Waals surface area (Å²) in [7, 11) is 0. The molecule has 0 fully saturated rings. The van der Waals surface area contributed by atoms with Crippen LogP contribution in [0.15, 0.2) is 40.6 Å². The number of unbranched alkanes of at least 4 members (excludes halogenated alkanes) is 15. The molecule has 0 aliphatic carbocycles. The molecule has 3 N–H and O–H groups in total. The van der Waals surface area contributed by atoms with Crippen molar-refractivity contribution >= 4 is 35.1 Å². The van der Waals surface area contributed by atoms with Crippen molar-refractivity contribution in [2.45, 2.75) is 124 Å². The molecular formula is C31H51N3O2S. The fraction of sp³-hybridized carbons (Fsp3) is 0.645. The van der Waals surface area contributed by atoms with E-state index in [1.807, 2.05) is 31.2 Å². The number of carbonyl (C=O) groups excluding carboxylic acids is 1. The highest BCUT2D eigenvalue weighted by molar-refractivity contribution is 7.80. The van der Waals surface area contributed by atoms with Gasteiger partial charge in [-0.05, 0) is 44.1 Å². The van der Waals surface area contributed by atoms with Crippen molar-refractivity contribution in [2.24, 2.45) is 4.99 Å². The van der Waals surface area contributed by atoms with E-state index in [-0.39, 0.29) is 11.3 Å². The first kappa shape index (κ1) is 32.8. The number of hydrogen-bond donors (Lipinski definition) is 3. The maximum atomic E-state index is 12.6. The number of nitrogens with zero attached hydrogens (tertiary/aromatic N) is 1. The summed E-state index contributed by atoms with van der Waals surface area (Å²) in [6.07, 6.45) is 22.9. The molecule has 6 heteroatoms. The van der Waals surface area contributed by atoms with Crippen molar-refractivity contribution in [1.29, 1.82) is 0 Å². The standard InChI is InChI=1S/C31H51N3O2S/c1-4-5-6-7-8-9-10-11-12-13-14-15-16-17-18-21-24-32-31(37)33-25-28(27(3)35)30(36)34-29-23-20-19-22-26(29)2/h19-20,22-23,25,35H,4-18,21,24H2,1-3H3,(H,32,37)(H,34,36). The molecule has 0 saturated heterocycles. The smallest absolute Gasteiger partial charge is 0.260 e. The molecule has 0 atom stereocenters. The number of hydrogen-bond acceptors (Lipinski definition) is 3. The molecule has 0 aliphatic rings. The number of amides is 1. The molecule has 0 aliphatic heterocycles. The SMILES string of the molecule is CCCCCCCCCCCCCCCCCCNC(=S)N=CC(C(=O)Nc1ccccc1C)=C(C)O. The second-order valence-electron chi connectivity index (χ2n) is 10.1. The van der Waals surface area contributed by atoms with Crippen molar-refractivity contribution < 1.29 is 9.90 Å². The number of nitrogens with one attached hydrogen (secondary N) is 2. The first-order valence-electron chi connectivity index (χ1n) is 14.5. The van der Waals surface area contributed by atoms with Crippen molar-refractivity contribution in [3.8, 4) is 0 Å². The minimum Gasteiger partial charge on any atom is -0.512 e. The summed E-state index contributed by atoms with van der Waals surface area (Å²) >= 11 is 5.26. The molecule has 0 bridgehead atoms. The maximum absolute atomic E-state index is 12.6. The van der Waals surface area contributed by atoms with E-state index in [4.69, 9.17) is 12.2 Å². The van der Waals surface area contributed by atoms with E-state index >= 15 is 0 Å². The quantitative estimate of drug-likeness (QED) is 0.0518. The average Bonchev–Trinajstić information content (AvgIpc) is 2.87. The lowest BCUT2D eigenvalue weighted by atomic mass is 10.0. The van der Waals surface area contributed by atoms with Crippen LogP contribution in [0.4, 0.5) is 5.69 Å². The molecule has 208 valence electrons. The number of aliphatic hydroxyl groups excluding tert-OH is 1. The minimum absolute atomic E-state index is 0.0924. The summed E-state index contributed by atoms with van der Waals surface area (Å²) in [5, 5.41) is 16.2. The minimum atomic E-state index is -0.418. The molecule has 1 rings (SSSR count). The lowest BCUT2D eigenvalue weighted by Gasteiger charge is -2.09. The zero-order chi connectivity index (χ0) is 27.1. The Kier molecular flexibility index (Phi) is 19.4. The molecule has 1 aromatic rings. The van der Waals surface area contributed by atoms with Crippen LogP contribution in [0.2, 0.25) is 0 Å². The third kappa shape index (κ3) is 17.0. The number of allylic oxidation sites excluding steroid dienone is 1. The van der Waals surface area contributed by atoms with Crippen LogP contribution in [0.5, 0.6) is 0 Å². The van der Waals surface area contributed by atoms with Gasteiger partial charge in [0.05, 0.1) is 5.57 Å². The zero-order valence-electron chi connectivity index (χ0n) is 23.6. The van der Waals surface area contributed by atoms with Gasteiger partial charge in [0.25, 0.3) is 5.91 Å². The molecule has 0 radical (unpaired) electrons. The number of aliphatic hydroxyl groups is 1. The Labute approximate surface area is 231 Å². The number of aryl methyl sites for hydroxylation is 1. The molecular weight excluding hydrogens is 478 g/mol. The topological polar surface area (TPSA) is 73.7 Å². The molecule has 1 aromatic carbocycles. The van der Waals surface area contributed by atoms with Gasteiger partial charge in [-0.3, -0.25) is 4.79 Å². The third-order valence-electron chi connectivity index (χ3n) is 6.65.